The molecular weight excluding hydrogens is 226 g/mol. The van der Waals surface area contributed by atoms with Gasteiger partial charge in [0, 0.05) is 37.8 Å². The lowest BCUT2D eigenvalue weighted by atomic mass is 9.81. The molecule has 0 aromatic carbocycles. The summed E-state index contributed by atoms with van der Waals surface area (Å²) in [6.07, 6.45) is 2.80. The van der Waals surface area contributed by atoms with Crippen molar-refractivity contribution in [1.29, 1.82) is 0 Å². The molecule has 0 bridgehead atoms. The first-order valence-electron chi connectivity index (χ1n) is 7.27. The number of ether oxygens (including phenoxy) is 1. The molecule has 106 valence electrons. The van der Waals surface area contributed by atoms with Crippen LogP contribution in [0.3, 0.4) is 0 Å². The maximum Gasteiger partial charge on any atom is 0.0568 e. The Labute approximate surface area is 111 Å². The van der Waals surface area contributed by atoms with Crippen molar-refractivity contribution in [2.45, 2.75) is 57.4 Å². The van der Waals surface area contributed by atoms with Crippen molar-refractivity contribution >= 4 is 0 Å². The molecule has 3 atom stereocenters. The summed E-state index contributed by atoms with van der Waals surface area (Å²) in [6, 6.07) is 0.621. The highest BCUT2D eigenvalue weighted by molar-refractivity contribution is 5.00. The molecule has 2 saturated heterocycles. The second-order valence-corrected chi connectivity index (χ2v) is 6.37. The van der Waals surface area contributed by atoms with Gasteiger partial charge in [-0.25, -0.2) is 0 Å². The van der Waals surface area contributed by atoms with Crippen molar-refractivity contribution < 1.29 is 4.74 Å². The summed E-state index contributed by atoms with van der Waals surface area (Å²) in [5.41, 5.74) is 6.32. The van der Waals surface area contributed by atoms with E-state index in [1.54, 1.807) is 0 Å². The Bertz CT molecular complexity index is 274. The third-order valence-electron chi connectivity index (χ3n) is 4.81. The molecule has 0 aromatic heterocycles. The molecule has 0 aromatic rings. The molecular formula is C14H29N3O. The third kappa shape index (κ3) is 2.72. The van der Waals surface area contributed by atoms with Gasteiger partial charge in [-0.2, -0.15) is 0 Å². The van der Waals surface area contributed by atoms with Crippen LogP contribution in [0.1, 0.15) is 33.6 Å². The number of nitrogens with two attached hydrogens (primary N) is 1. The first kappa shape index (κ1) is 14.3. The molecule has 0 saturated carbocycles. The van der Waals surface area contributed by atoms with Gasteiger partial charge >= 0.3 is 0 Å². The summed E-state index contributed by atoms with van der Waals surface area (Å²) < 4.78 is 5.89. The van der Waals surface area contributed by atoms with Crippen LogP contribution in [0.25, 0.3) is 0 Å². The average Bonchev–Trinajstić information content (AvgIpc) is 2.31. The lowest BCUT2D eigenvalue weighted by Gasteiger charge is -2.53. The van der Waals surface area contributed by atoms with Crippen molar-refractivity contribution in [2.75, 3.05) is 33.2 Å². The molecule has 0 amide bonds. The van der Waals surface area contributed by atoms with Gasteiger partial charge < -0.3 is 15.4 Å². The lowest BCUT2D eigenvalue weighted by molar-refractivity contribution is -0.114. The molecule has 2 N–H and O–H groups in total. The average molecular weight is 255 g/mol. The minimum absolute atomic E-state index is 0.159. The Balaban J connectivity index is 2.11. The molecule has 2 aliphatic rings. The number of hydrogen-bond donors (Lipinski definition) is 1. The normalized spacial score (nSPS) is 44.2. The molecule has 4 heteroatoms. The number of nitrogens with zero attached hydrogens (tertiary/aromatic N) is 2. The predicted molar refractivity (Wildman–Crippen MR) is 74.7 cm³/mol. The Morgan fingerprint density at radius 3 is 2.28 bits per heavy atom. The van der Waals surface area contributed by atoms with Crippen LogP contribution in [-0.2, 0) is 4.74 Å². The highest BCUT2D eigenvalue weighted by atomic mass is 16.5. The molecule has 0 aliphatic carbocycles. The van der Waals surface area contributed by atoms with Gasteiger partial charge in [0.25, 0.3) is 0 Å². The third-order valence-corrected chi connectivity index (χ3v) is 4.81. The van der Waals surface area contributed by atoms with Crippen LogP contribution in [0.2, 0.25) is 0 Å². The van der Waals surface area contributed by atoms with Crippen molar-refractivity contribution in [3.8, 4) is 0 Å². The Kier molecular flexibility index (Phi) is 4.32. The number of piperazine rings is 1. The molecule has 4 nitrogen and oxygen atoms in total. The fourth-order valence-corrected chi connectivity index (χ4v) is 3.68. The van der Waals surface area contributed by atoms with E-state index in [1.807, 2.05) is 0 Å². The summed E-state index contributed by atoms with van der Waals surface area (Å²) in [6.45, 7) is 10.8. The number of hydrogen-bond acceptors (Lipinski definition) is 4. The lowest BCUT2D eigenvalue weighted by Crippen LogP contribution is -2.65. The fraction of sp³-hybridized carbons (Fsp3) is 1.00. The minimum atomic E-state index is 0.159. The van der Waals surface area contributed by atoms with Gasteiger partial charge in [-0.1, -0.05) is 0 Å². The number of likely N-dealkylation sites (N-methyl/N-ethyl adjacent to an activating group) is 1. The van der Waals surface area contributed by atoms with E-state index in [1.165, 1.54) is 0 Å². The van der Waals surface area contributed by atoms with E-state index < -0.39 is 0 Å². The van der Waals surface area contributed by atoms with E-state index in [0.29, 0.717) is 18.2 Å². The van der Waals surface area contributed by atoms with Crippen LogP contribution < -0.4 is 5.73 Å². The van der Waals surface area contributed by atoms with Crippen LogP contribution in [0.5, 0.6) is 0 Å². The van der Waals surface area contributed by atoms with Gasteiger partial charge in [-0.15, -0.1) is 0 Å². The second-order valence-electron chi connectivity index (χ2n) is 6.37. The van der Waals surface area contributed by atoms with Gasteiger partial charge in [0.05, 0.1) is 12.2 Å². The van der Waals surface area contributed by atoms with E-state index in [0.717, 1.165) is 39.0 Å². The van der Waals surface area contributed by atoms with Crippen LogP contribution in [-0.4, -0.2) is 66.8 Å². The first-order valence-corrected chi connectivity index (χ1v) is 7.27. The Hall–Kier alpha value is -0.160. The van der Waals surface area contributed by atoms with Gasteiger partial charge in [0.2, 0.25) is 0 Å². The van der Waals surface area contributed by atoms with Crippen LogP contribution >= 0.6 is 0 Å². The minimum Gasteiger partial charge on any atom is -0.375 e. The first-order chi connectivity index (χ1) is 8.47. The van der Waals surface area contributed by atoms with E-state index in [4.69, 9.17) is 10.5 Å². The predicted octanol–water partition coefficient (Wildman–Crippen LogP) is 0.907. The van der Waals surface area contributed by atoms with Crippen molar-refractivity contribution in [3.63, 3.8) is 0 Å². The highest BCUT2D eigenvalue weighted by Crippen LogP contribution is 2.34. The Morgan fingerprint density at radius 2 is 1.78 bits per heavy atom. The SMILES string of the molecule is CC1CC(CN)(N2CCN(C)C(C)C2)CC(C)O1. The van der Waals surface area contributed by atoms with Crippen LogP contribution in [0.4, 0.5) is 0 Å². The summed E-state index contributed by atoms with van der Waals surface area (Å²) >= 11 is 0. The van der Waals surface area contributed by atoms with E-state index in [2.05, 4.69) is 37.6 Å². The number of rotatable bonds is 2. The van der Waals surface area contributed by atoms with E-state index in [-0.39, 0.29) is 5.54 Å². The van der Waals surface area contributed by atoms with Crippen molar-refractivity contribution in [3.05, 3.63) is 0 Å². The molecule has 2 rings (SSSR count). The van der Waals surface area contributed by atoms with Gasteiger partial charge in [-0.05, 0) is 40.7 Å². The molecule has 3 unspecified atom stereocenters. The molecule has 2 fully saturated rings. The highest BCUT2D eigenvalue weighted by Gasteiger charge is 2.43. The molecule has 2 heterocycles. The van der Waals surface area contributed by atoms with Gasteiger partial charge in [0.15, 0.2) is 0 Å². The molecule has 0 radical (unpaired) electrons. The van der Waals surface area contributed by atoms with E-state index in [9.17, 15) is 0 Å². The van der Waals surface area contributed by atoms with E-state index >= 15 is 0 Å². The summed E-state index contributed by atoms with van der Waals surface area (Å²) in [5.74, 6) is 0. The fourth-order valence-electron chi connectivity index (χ4n) is 3.68. The topological polar surface area (TPSA) is 41.7 Å². The van der Waals surface area contributed by atoms with Gasteiger partial charge in [-0.3, -0.25) is 4.90 Å². The zero-order chi connectivity index (χ0) is 13.3. The van der Waals surface area contributed by atoms with Crippen LogP contribution in [0, 0.1) is 0 Å². The van der Waals surface area contributed by atoms with Crippen molar-refractivity contribution in [1.82, 2.24) is 9.80 Å². The Morgan fingerprint density at radius 1 is 1.17 bits per heavy atom. The quantitative estimate of drug-likeness (QED) is 0.796. The maximum absolute atomic E-state index is 6.16. The monoisotopic (exact) mass is 255 g/mol. The van der Waals surface area contributed by atoms with Gasteiger partial charge in [0.1, 0.15) is 0 Å². The largest absolute Gasteiger partial charge is 0.375 e. The maximum atomic E-state index is 6.16. The zero-order valence-electron chi connectivity index (χ0n) is 12.4. The molecule has 2 aliphatic heterocycles. The van der Waals surface area contributed by atoms with Crippen LogP contribution in [0.15, 0.2) is 0 Å². The smallest absolute Gasteiger partial charge is 0.0568 e. The molecule has 18 heavy (non-hydrogen) atoms. The summed E-state index contributed by atoms with van der Waals surface area (Å²) in [4.78, 5) is 5.07. The summed E-state index contributed by atoms with van der Waals surface area (Å²) in [7, 11) is 2.21. The second kappa shape index (κ2) is 5.45. The standard InChI is InChI=1S/C14H29N3O/c1-11-9-17(6-5-16(11)4)14(10-15)7-12(2)18-13(3)8-14/h11-13H,5-10,15H2,1-4H3. The molecule has 0 spiro atoms. The van der Waals surface area contributed by atoms with Crippen molar-refractivity contribution in [2.24, 2.45) is 5.73 Å². The summed E-state index contributed by atoms with van der Waals surface area (Å²) in [5, 5.41) is 0. The zero-order valence-corrected chi connectivity index (χ0v) is 12.4.